The van der Waals surface area contributed by atoms with Crippen LogP contribution in [0.5, 0.6) is 11.5 Å². The molecule has 2 aromatic carbocycles. The Morgan fingerprint density at radius 3 is 2.10 bits per heavy atom. The number of carbonyl (C=O) groups is 1. The number of hydrogen-bond donors (Lipinski definition) is 1. The van der Waals surface area contributed by atoms with E-state index < -0.39 is 0 Å². The molecule has 0 aliphatic carbocycles. The van der Waals surface area contributed by atoms with Gasteiger partial charge in [-0.1, -0.05) is 6.07 Å². The van der Waals surface area contributed by atoms with Gasteiger partial charge in [-0.2, -0.15) is 0 Å². The molecular weight excluding hydrogens is 392 g/mol. The fourth-order valence-corrected chi connectivity index (χ4v) is 4.40. The van der Waals surface area contributed by atoms with Gasteiger partial charge in [-0.15, -0.1) is 0 Å². The number of hydrogen-bond acceptors (Lipinski definition) is 5. The molecule has 2 aromatic rings. The molecule has 1 amide bonds. The zero-order chi connectivity index (χ0) is 21.6. The normalized spacial score (nSPS) is 17.5. The summed E-state index contributed by atoms with van der Waals surface area (Å²) in [6, 6.07) is 16.4. The van der Waals surface area contributed by atoms with E-state index in [0.29, 0.717) is 6.54 Å². The summed E-state index contributed by atoms with van der Waals surface area (Å²) in [5.74, 6) is 2.03. The van der Waals surface area contributed by atoms with Crippen molar-refractivity contribution in [2.45, 2.75) is 0 Å². The van der Waals surface area contributed by atoms with Crippen LogP contribution in [0, 0.1) is 0 Å². The third-order valence-electron chi connectivity index (χ3n) is 6.36. The summed E-state index contributed by atoms with van der Waals surface area (Å²) >= 11 is 0. The van der Waals surface area contributed by atoms with Crippen molar-refractivity contribution >= 4 is 17.3 Å². The van der Waals surface area contributed by atoms with E-state index in [1.807, 2.05) is 29.2 Å². The Labute approximate surface area is 184 Å². The first-order chi connectivity index (χ1) is 15.2. The molecule has 0 spiro atoms. The molecule has 166 valence electrons. The third kappa shape index (κ3) is 5.22. The summed E-state index contributed by atoms with van der Waals surface area (Å²) in [5.41, 5.74) is 2.38. The molecule has 2 aliphatic heterocycles. The Balaban J connectivity index is 1.22. The van der Waals surface area contributed by atoms with Crippen LogP contribution in [0.15, 0.2) is 48.5 Å². The molecule has 0 saturated carbocycles. The highest BCUT2D eigenvalue weighted by molar-refractivity contribution is 5.77. The van der Waals surface area contributed by atoms with Crippen LogP contribution in [0.25, 0.3) is 0 Å². The van der Waals surface area contributed by atoms with Gasteiger partial charge in [0.05, 0.1) is 40.4 Å². The average Bonchev–Trinajstić information content (AvgIpc) is 2.84. The monoisotopic (exact) mass is 425 g/mol. The minimum atomic E-state index is 0.277. The van der Waals surface area contributed by atoms with Gasteiger partial charge in [-0.25, -0.2) is 0 Å². The molecule has 0 radical (unpaired) electrons. The van der Waals surface area contributed by atoms with Gasteiger partial charge < -0.3 is 29.1 Å². The van der Waals surface area contributed by atoms with Gasteiger partial charge in [0.25, 0.3) is 5.91 Å². The van der Waals surface area contributed by atoms with Gasteiger partial charge in [0.2, 0.25) is 0 Å². The van der Waals surface area contributed by atoms with Gasteiger partial charge >= 0.3 is 0 Å². The molecule has 2 fully saturated rings. The van der Waals surface area contributed by atoms with Crippen molar-refractivity contribution in [3.05, 3.63) is 48.5 Å². The van der Waals surface area contributed by atoms with Crippen LogP contribution in [0.3, 0.4) is 0 Å². The number of amides is 1. The van der Waals surface area contributed by atoms with E-state index in [4.69, 9.17) is 9.47 Å². The SMILES string of the molecule is COc1ccc(N2CCN(C(=O)C[NH+]3CCN(c4cccc(OC)c4)CC3)CC2)cc1. The van der Waals surface area contributed by atoms with E-state index in [0.717, 1.165) is 63.9 Å². The van der Waals surface area contributed by atoms with E-state index in [1.165, 1.54) is 16.3 Å². The number of benzene rings is 2. The standard InChI is InChI=1S/C24H32N4O3/c1-30-22-8-6-20(7-9-22)26-14-16-28(17-15-26)24(29)19-25-10-12-27(13-11-25)21-4-3-5-23(18-21)31-2/h3-9,18H,10-17,19H2,1-2H3/p+1. The highest BCUT2D eigenvalue weighted by Gasteiger charge is 2.27. The molecule has 31 heavy (non-hydrogen) atoms. The number of methoxy groups -OCH3 is 2. The van der Waals surface area contributed by atoms with Crippen LogP contribution in [-0.2, 0) is 4.79 Å². The zero-order valence-corrected chi connectivity index (χ0v) is 18.5. The average molecular weight is 426 g/mol. The van der Waals surface area contributed by atoms with Gasteiger partial charge in [-0.05, 0) is 36.4 Å². The number of nitrogens with zero attached hydrogens (tertiary/aromatic N) is 3. The number of nitrogens with one attached hydrogen (secondary N) is 1. The molecule has 0 bridgehead atoms. The number of ether oxygens (including phenoxy) is 2. The lowest BCUT2D eigenvalue weighted by atomic mass is 10.2. The first kappa shape index (κ1) is 21.3. The maximum atomic E-state index is 12.9. The van der Waals surface area contributed by atoms with Crippen molar-refractivity contribution in [1.29, 1.82) is 0 Å². The number of piperazine rings is 2. The fraction of sp³-hybridized carbons (Fsp3) is 0.458. The highest BCUT2D eigenvalue weighted by atomic mass is 16.5. The number of anilines is 2. The van der Waals surface area contributed by atoms with Gasteiger partial charge in [-0.3, -0.25) is 4.79 Å². The fourth-order valence-electron chi connectivity index (χ4n) is 4.40. The van der Waals surface area contributed by atoms with E-state index in [9.17, 15) is 4.79 Å². The lowest BCUT2D eigenvalue weighted by Crippen LogP contribution is -3.16. The molecule has 7 heteroatoms. The van der Waals surface area contributed by atoms with Crippen molar-refractivity contribution in [3.8, 4) is 11.5 Å². The summed E-state index contributed by atoms with van der Waals surface area (Å²) < 4.78 is 10.6. The summed E-state index contributed by atoms with van der Waals surface area (Å²) in [6.45, 7) is 7.79. The van der Waals surface area contributed by atoms with Crippen LogP contribution in [0.1, 0.15) is 0 Å². The predicted octanol–water partition coefficient (Wildman–Crippen LogP) is 0.758. The molecular formula is C24H33N4O3+. The number of rotatable bonds is 6. The Morgan fingerprint density at radius 2 is 1.45 bits per heavy atom. The Morgan fingerprint density at radius 1 is 0.806 bits per heavy atom. The van der Waals surface area contributed by atoms with E-state index in [2.05, 4.69) is 34.1 Å². The Kier molecular flexibility index (Phi) is 6.82. The van der Waals surface area contributed by atoms with E-state index in [-0.39, 0.29) is 5.91 Å². The predicted molar refractivity (Wildman–Crippen MR) is 123 cm³/mol. The van der Waals surface area contributed by atoms with Crippen molar-refractivity contribution in [1.82, 2.24) is 4.90 Å². The lowest BCUT2D eigenvalue weighted by Gasteiger charge is -2.38. The zero-order valence-electron chi connectivity index (χ0n) is 18.5. The lowest BCUT2D eigenvalue weighted by molar-refractivity contribution is -0.892. The van der Waals surface area contributed by atoms with Crippen molar-refractivity contribution < 1.29 is 19.2 Å². The van der Waals surface area contributed by atoms with Crippen LogP contribution in [-0.4, -0.2) is 83.9 Å². The number of quaternary nitrogens is 1. The molecule has 2 heterocycles. The smallest absolute Gasteiger partial charge is 0.277 e. The maximum Gasteiger partial charge on any atom is 0.277 e. The topological polar surface area (TPSA) is 49.7 Å². The maximum absolute atomic E-state index is 12.9. The van der Waals surface area contributed by atoms with Gasteiger partial charge in [0, 0.05) is 43.6 Å². The van der Waals surface area contributed by atoms with Crippen molar-refractivity contribution in [2.75, 3.05) is 82.9 Å². The molecule has 0 unspecified atom stereocenters. The molecule has 2 aliphatic rings. The number of carbonyl (C=O) groups excluding carboxylic acids is 1. The molecule has 4 rings (SSSR count). The second-order valence-corrected chi connectivity index (χ2v) is 8.18. The van der Waals surface area contributed by atoms with Crippen molar-refractivity contribution in [3.63, 3.8) is 0 Å². The molecule has 7 nitrogen and oxygen atoms in total. The summed E-state index contributed by atoms with van der Waals surface area (Å²) in [7, 11) is 3.38. The van der Waals surface area contributed by atoms with Gasteiger partial charge in [0.1, 0.15) is 11.5 Å². The molecule has 0 atom stereocenters. The van der Waals surface area contributed by atoms with Gasteiger partial charge in [0.15, 0.2) is 6.54 Å². The third-order valence-corrected chi connectivity index (χ3v) is 6.36. The van der Waals surface area contributed by atoms with Crippen LogP contribution in [0.4, 0.5) is 11.4 Å². The highest BCUT2D eigenvalue weighted by Crippen LogP contribution is 2.21. The Bertz CT molecular complexity index is 857. The largest absolute Gasteiger partial charge is 0.497 e. The van der Waals surface area contributed by atoms with Crippen LogP contribution in [0.2, 0.25) is 0 Å². The van der Waals surface area contributed by atoms with Crippen LogP contribution >= 0.6 is 0 Å². The second kappa shape index (κ2) is 9.92. The second-order valence-electron chi connectivity index (χ2n) is 8.18. The molecule has 2 saturated heterocycles. The molecule has 0 aromatic heterocycles. The summed E-state index contributed by atoms with van der Waals surface area (Å²) in [6.07, 6.45) is 0. The van der Waals surface area contributed by atoms with E-state index >= 15 is 0 Å². The summed E-state index contributed by atoms with van der Waals surface area (Å²) in [5, 5.41) is 0. The van der Waals surface area contributed by atoms with E-state index in [1.54, 1.807) is 14.2 Å². The van der Waals surface area contributed by atoms with Crippen molar-refractivity contribution in [2.24, 2.45) is 0 Å². The summed E-state index contributed by atoms with van der Waals surface area (Å²) in [4.78, 5) is 21.0. The molecule has 1 N–H and O–H groups in total. The minimum absolute atomic E-state index is 0.277. The first-order valence-corrected chi connectivity index (χ1v) is 11.1. The van der Waals surface area contributed by atoms with Crippen LogP contribution < -0.4 is 24.2 Å². The Hall–Kier alpha value is -2.93. The minimum Gasteiger partial charge on any atom is -0.497 e. The quantitative estimate of drug-likeness (QED) is 0.741. The first-order valence-electron chi connectivity index (χ1n) is 11.1.